The van der Waals surface area contributed by atoms with E-state index in [0.29, 0.717) is 22.2 Å². The molecule has 1 aromatic heterocycles. The fourth-order valence-electron chi connectivity index (χ4n) is 1.72. The Hall–Kier alpha value is -2.07. The first-order chi connectivity index (χ1) is 8.50. The van der Waals surface area contributed by atoms with Gasteiger partial charge in [-0.2, -0.15) is 0 Å². The molecule has 0 atom stereocenters. The number of H-pyrrole nitrogens is 1. The molecule has 2 aromatic rings. The van der Waals surface area contributed by atoms with E-state index in [2.05, 4.69) is 11.6 Å². The molecular weight excluding hydrogens is 254 g/mol. The minimum absolute atomic E-state index is 0.0893. The Morgan fingerprint density at radius 2 is 2.11 bits per heavy atom. The predicted molar refractivity (Wildman–Crippen MR) is 68.9 cm³/mol. The topological polar surface area (TPSA) is 59.2 Å². The van der Waals surface area contributed by atoms with Gasteiger partial charge in [-0.3, -0.25) is 9.59 Å². The quantitative estimate of drug-likeness (QED) is 0.401. The molecule has 0 amide bonds. The number of carbonyl (C=O) groups is 2. The zero-order chi connectivity index (χ0) is 13.3. The van der Waals surface area contributed by atoms with E-state index in [9.17, 15) is 9.59 Å². The van der Waals surface area contributed by atoms with Crippen LogP contribution in [0.2, 0.25) is 0 Å². The zero-order valence-electron chi connectivity index (χ0n) is 9.62. The first-order valence-corrected chi connectivity index (χ1v) is 5.56. The van der Waals surface area contributed by atoms with Crippen LogP contribution in [-0.4, -0.2) is 16.7 Å². The molecule has 4 nitrogen and oxygen atoms in total. The van der Waals surface area contributed by atoms with Crippen molar-refractivity contribution < 1.29 is 14.3 Å². The van der Waals surface area contributed by atoms with Gasteiger partial charge in [0.1, 0.15) is 5.75 Å². The molecule has 0 spiro atoms. The van der Waals surface area contributed by atoms with Gasteiger partial charge in [0.15, 0.2) is 0 Å². The highest BCUT2D eigenvalue weighted by Gasteiger charge is 2.17. The van der Waals surface area contributed by atoms with Gasteiger partial charge in [0.05, 0.1) is 16.0 Å². The Balaban J connectivity index is 2.65. The normalized spacial score (nSPS) is 10.3. The second-order valence-corrected chi connectivity index (χ2v) is 4.16. The average molecular weight is 264 g/mol. The Morgan fingerprint density at radius 3 is 2.72 bits per heavy atom. The number of hydrogen-bond donors (Lipinski definition) is 1. The van der Waals surface area contributed by atoms with Crippen LogP contribution in [0.1, 0.15) is 17.3 Å². The lowest BCUT2D eigenvalue weighted by atomic mass is 10.1. The van der Waals surface area contributed by atoms with Gasteiger partial charge in [-0.15, -0.1) is 0 Å². The van der Waals surface area contributed by atoms with Crippen LogP contribution in [0.5, 0.6) is 5.75 Å². The molecule has 0 bridgehead atoms. The van der Waals surface area contributed by atoms with Crippen LogP contribution in [0.3, 0.4) is 0 Å². The summed E-state index contributed by atoms with van der Waals surface area (Å²) in [6, 6.07) is 5.11. The molecular formula is C13H10ClNO3. The Kier molecular flexibility index (Phi) is 3.21. The van der Waals surface area contributed by atoms with Crippen LogP contribution in [0.25, 0.3) is 10.9 Å². The van der Waals surface area contributed by atoms with Crippen molar-refractivity contribution in [2.75, 3.05) is 0 Å². The summed E-state index contributed by atoms with van der Waals surface area (Å²) in [5, 5.41) is 0.438. The summed E-state index contributed by atoms with van der Waals surface area (Å²) >= 11 is 5.61. The number of rotatable bonds is 3. The lowest BCUT2D eigenvalue weighted by Gasteiger charge is -2.04. The van der Waals surface area contributed by atoms with Gasteiger partial charge in [-0.25, -0.2) is 0 Å². The Bertz CT molecular complexity index is 657. The standard InChI is InChI=1S/C13H10ClNO3/c1-7(14)13(17)9-6-15-10-4-3-5-11(12(9)10)18-8(2)16/h3-6,15H,1H2,2H3. The predicted octanol–water partition coefficient (Wildman–Crippen LogP) is 3.03. The molecule has 0 saturated heterocycles. The highest BCUT2D eigenvalue weighted by Crippen LogP contribution is 2.30. The van der Waals surface area contributed by atoms with Gasteiger partial charge >= 0.3 is 5.97 Å². The van der Waals surface area contributed by atoms with Gasteiger partial charge < -0.3 is 9.72 Å². The van der Waals surface area contributed by atoms with E-state index in [1.807, 2.05) is 0 Å². The third-order valence-corrected chi connectivity index (χ3v) is 2.58. The fraction of sp³-hybridized carbons (Fsp3) is 0.0769. The summed E-state index contributed by atoms with van der Waals surface area (Å²) in [5.74, 6) is -0.531. The number of halogens is 1. The van der Waals surface area contributed by atoms with Crippen LogP contribution in [0, 0.1) is 0 Å². The van der Waals surface area contributed by atoms with Crippen molar-refractivity contribution in [1.82, 2.24) is 4.98 Å². The number of Topliss-reactive ketones (excluding diaryl/α,β-unsaturated/α-hetero) is 1. The molecule has 0 aliphatic rings. The molecule has 0 fully saturated rings. The van der Waals surface area contributed by atoms with Crippen molar-refractivity contribution in [2.24, 2.45) is 0 Å². The summed E-state index contributed by atoms with van der Waals surface area (Å²) in [6.45, 7) is 4.70. The molecule has 0 unspecified atom stereocenters. The number of allylic oxidation sites excluding steroid dienone is 1. The van der Waals surface area contributed by atoms with Crippen LogP contribution in [0.4, 0.5) is 0 Å². The molecule has 0 radical (unpaired) electrons. The molecule has 0 aliphatic heterocycles. The zero-order valence-corrected chi connectivity index (χ0v) is 10.4. The van der Waals surface area contributed by atoms with E-state index in [1.165, 1.54) is 13.1 Å². The van der Waals surface area contributed by atoms with Crippen molar-refractivity contribution in [3.05, 3.63) is 41.6 Å². The number of esters is 1. The van der Waals surface area contributed by atoms with Gasteiger partial charge in [0.2, 0.25) is 5.78 Å². The van der Waals surface area contributed by atoms with Gasteiger partial charge in [-0.05, 0) is 12.1 Å². The molecule has 18 heavy (non-hydrogen) atoms. The summed E-state index contributed by atoms with van der Waals surface area (Å²) in [7, 11) is 0. The number of carbonyl (C=O) groups excluding carboxylic acids is 2. The first-order valence-electron chi connectivity index (χ1n) is 5.18. The summed E-state index contributed by atoms with van der Waals surface area (Å²) < 4.78 is 5.07. The lowest BCUT2D eigenvalue weighted by molar-refractivity contribution is -0.131. The van der Waals surface area contributed by atoms with Crippen LogP contribution >= 0.6 is 11.6 Å². The third-order valence-electron chi connectivity index (χ3n) is 2.41. The largest absolute Gasteiger partial charge is 0.426 e. The van der Waals surface area contributed by atoms with Crippen LogP contribution in [0.15, 0.2) is 36.0 Å². The average Bonchev–Trinajstić information content (AvgIpc) is 2.72. The summed E-state index contributed by atoms with van der Waals surface area (Å²) in [6.07, 6.45) is 1.52. The van der Waals surface area contributed by atoms with E-state index in [1.54, 1.807) is 18.2 Å². The number of ether oxygens (including phenoxy) is 1. The smallest absolute Gasteiger partial charge is 0.308 e. The van der Waals surface area contributed by atoms with Crippen molar-refractivity contribution in [3.8, 4) is 5.75 Å². The molecule has 0 saturated carbocycles. The molecule has 92 valence electrons. The Labute approximate surface area is 108 Å². The van der Waals surface area contributed by atoms with Gasteiger partial charge in [-0.1, -0.05) is 24.2 Å². The van der Waals surface area contributed by atoms with E-state index >= 15 is 0 Å². The number of benzene rings is 1. The molecule has 2 rings (SSSR count). The van der Waals surface area contributed by atoms with E-state index < -0.39 is 11.8 Å². The number of hydrogen-bond acceptors (Lipinski definition) is 3. The molecule has 1 heterocycles. The van der Waals surface area contributed by atoms with Gasteiger partial charge in [0.25, 0.3) is 0 Å². The highest BCUT2D eigenvalue weighted by atomic mass is 35.5. The van der Waals surface area contributed by atoms with E-state index in [4.69, 9.17) is 16.3 Å². The molecule has 5 heteroatoms. The fourth-order valence-corrected chi connectivity index (χ4v) is 1.82. The number of ketones is 1. The van der Waals surface area contributed by atoms with Crippen molar-refractivity contribution in [2.45, 2.75) is 6.92 Å². The number of aromatic nitrogens is 1. The van der Waals surface area contributed by atoms with Crippen molar-refractivity contribution >= 4 is 34.3 Å². The first kappa shape index (κ1) is 12.4. The second kappa shape index (κ2) is 4.66. The van der Waals surface area contributed by atoms with Crippen molar-refractivity contribution in [1.29, 1.82) is 0 Å². The second-order valence-electron chi connectivity index (χ2n) is 3.71. The number of fused-ring (bicyclic) bond motifs is 1. The Morgan fingerprint density at radius 1 is 1.39 bits per heavy atom. The SMILES string of the molecule is C=C(Cl)C(=O)c1c[nH]c2cccc(OC(C)=O)c12. The maximum absolute atomic E-state index is 11.9. The monoisotopic (exact) mass is 263 g/mol. The van der Waals surface area contributed by atoms with Crippen LogP contribution < -0.4 is 4.74 Å². The van der Waals surface area contributed by atoms with Gasteiger partial charge in [0, 0.05) is 18.6 Å². The van der Waals surface area contributed by atoms with Crippen molar-refractivity contribution in [3.63, 3.8) is 0 Å². The molecule has 1 N–H and O–H groups in total. The minimum atomic E-state index is -0.452. The number of aromatic amines is 1. The summed E-state index contributed by atoms with van der Waals surface area (Å²) in [5.41, 5.74) is 1.02. The van der Waals surface area contributed by atoms with E-state index in [-0.39, 0.29) is 5.03 Å². The summed E-state index contributed by atoms with van der Waals surface area (Å²) in [4.78, 5) is 25.8. The molecule has 1 aromatic carbocycles. The van der Waals surface area contributed by atoms with Crippen LogP contribution in [-0.2, 0) is 4.79 Å². The minimum Gasteiger partial charge on any atom is -0.426 e. The maximum atomic E-state index is 11.9. The third kappa shape index (κ3) is 2.15. The highest BCUT2D eigenvalue weighted by molar-refractivity contribution is 6.45. The lowest BCUT2D eigenvalue weighted by Crippen LogP contribution is -2.03. The number of nitrogens with one attached hydrogen (secondary N) is 1. The maximum Gasteiger partial charge on any atom is 0.308 e. The van der Waals surface area contributed by atoms with E-state index in [0.717, 1.165) is 0 Å². The molecule has 0 aliphatic carbocycles.